The Labute approximate surface area is 126 Å². The number of fused-ring (bicyclic) bond motifs is 3. The molecule has 1 saturated heterocycles. The van der Waals surface area contributed by atoms with Crippen LogP contribution in [0.15, 0.2) is 30.5 Å². The lowest BCUT2D eigenvalue weighted by molar-refractivity contribution is 0.498. The maximum atomic E-state index is 5.52. The molecule has 3 heterocycles. The summed E-state index contributed by atoms with van der Waals surface area (Å²) < 4.78 is 3.08. The van der Waals surface area contributed by atoms with E-state index in [0.29, 0.717) is 0 Å². The van der Waals surface area contributed by atoms with Crippen molar-refractivity contribution in [3.8, 4) is 0 Å². The number of aromatic nitrogens is 3. The van der Waals surface area contributed by atoms with Crippen LogP contribution in [0.25, 0.3) is 21.9 Å². The first kappa shape index (κ1) is 12.4. The number of nitrogens with zero attached hydrogens (tertiary/aromatic N) is 2. The Bertz CT molecular complexity index is 828. The minimum atomic E-state index is 0.734. The molecule has 3 aromatic rings. The number of pyridine rings is 1. The number of thioether (sulfide) groups is 1. The molecule has 1 N–H and O–H groups in total. The van der Waals surface area contributed by atoms with Crippen LogP contribution in [0.2, 0.25) is 0 Å². The standard InChI is InChI=1S/C15H15N3S2/c19-15-17-13-7-16-12-4-2-1-3-11(12)14(13)18(15)8-10-5-6-20-9-10/h1-4,7,10H,5-6,8-9H2,(H,17,19). The molecule has 1 aliphatic rings. The Hall–Kier alpha value is -1.33. The summed E-state index contributed by atoms with van der Waals surface area (Å²) in [6.45, 7) is 1.01. The SMILES string of the molecule is S=c1[nH]c2cnc3ccccc3c2n1CC1CCSC1. The Morgan fingerprint density at radius 1 is 1.40 bits per heavy atom. The molecule has 2 aromatic heterocycles. The summed E-state index contributed by atoms with van der Waals surface area (Å²) in [6, 6.07) is 8.28. The van der Waals surface area contributed by atoms with Gasteiger partial charge in [-0.15, -0.1) is 0 Å². The summed E-state index contributed by atoms with van der Waals surface area (Å²) in [7, 11) is 0. The lowest BCUT2D eigenvalue weighted by atomic mass is 10.1. The summed E-state index contributed by atoms with van der Waals surface area (Å²) in [6.07, 6.45) is 3.19. The third kappa shape index (κ3) is 1.96. The fraction of sp³-hybridized carbons (Fsp3) is 0.333. The van der Waals surface area contributed by atoms with Gasteiger partial charge in [0.1, 0.15) is 0 Å². The molecule has 1 atom stereocenters. The largest absolute Gasteiger partial charge is 0.329 e. The summed E-state index contributed by atoms with van der Waals surface area (Å²) in [5.41, 5.74) is 3.28. The average Bonchev–Trinajstić information content (AvgIpc) is 3.08. The molecule has 1 fully saturated rings. The molecule has 0 aliphatic carbocycles. The van der Waals surface area contributed by atoms with Gasteiger partial charge in [0.2, 0.25) is 0 Å². The van der Waals surface area contributed by atoms with E-state index >= 15 is 0 Å². The molecule has 4 rings (SSSR count). The van der Waals surface area contributed by atoms with E-state index in [-0.39, 0.29) is 0 Å². The van der Waals surface area contributed by atoms with Crippen molar-refractivity contribution in [3.63, 3.8) is 0 Å². The number of benzene rings is 1. The summed E-state index contributed by atoms with van der Waals surface area (Å²) in [5, 5.41) is 1.18. The van der Waals surface area contributed by atoms with E-state index in [1.807, 2.05) is 24.0 Å². The second kappa shape index (κ2) is 4.90. The highest BCUT2D eigenvalue weighted by Crippen LogP contribution is 2.28. The number of hydrogen-bond donors (Lipinski definition) is 1. The van der Waals surface area contributed by atoms with E-state index in [1.54, 1.807) is 0 Å². The molecule has 5 heteroatoms. The summed E-state index contributed by atoms with van der Waals surface area (Å²) >= 11 is 7.57. The Kier molecular flexibility index (Phi) is 3.04. The predicted octanol–water partition coefficient (Wildman–Crippen LogP) is 4.00. The van der Waals surface area contributed by atoms with E-state index < -0.39 is 0 Å². The van der Waals surface area contributed by atoms with Crippen LogP contribution in [-0.4, -0.2) is 26.0 Å². The van der Waals surface area contributed by atoms with Crippen LogP contribution in [0.3, 0.4) is 0 Å². The third-order valence-corrected chi connectivity index (χ3v) is 5.52. The van der Waals surface area contributed by atoms with Gasteiger partial charge in [-0.3, -0.25) is 4.98 Å². The zero-order valence-electron chi connectivity index (χ0n) is 11.0. The minimum absolute atomic E-state index is 0.734. The molecule has 1 unspecified atom stereocenters. The second-order valence-electron chi connectivity index (χ2n) is 5.31. The number of H-pyrrole nitrogens is 1. The smallest absolute Gasteiger partial charge is 0.178 e. The van der Waals surface area contributed by atoms with Crippen LogP contribution in [0, 0.1) is 10.7 Å². The monoisotopic (exact) mass is 301 g/mol. The van der Waals surface area contributed by atoms with Gasteiger partial charge in [-0.05, 0) is 42.1 Å². The van der Waals surface area contributed by atoms with Crippen molar-refractivity contribution in [1.29, 1.82) is 0 Å². The highest BCUT2D eigenvalue weighted by Gasteiger charge is 2.18. The minimum Gasteiger partial charge on any atom is -0.329 e. The van der Waals surface area contributed by atoms with Gasteiger partial charge in [0.25, 0.3) is 0 Å². The van der Waals surface area contributed by atoms with Gasteiger partial charge in [0.15, 0.2) is 4.77 Å². The molecule has 1 aromatic carbocycles. The van der Waals surface area contributed by atoms with Gasteiger partial charge in [-0.2, -0.15) is 11.8 Å². The highest BCUT2D eigenvalue weighted by atomic mass is 32.2. The molecule has 0 radical (unpaired) electrons. The molecule has 1 aliphatic heterocycles. The maximum absolute atomic E-state index is 5.52. The topological polar surface area (TPSA) is 33.6 Å². The number of hydrogen-bond acceptors (Lipinski definition) is 3. The number of rotatable bonds is 2. The molecule has 20 heavy (non-hydrogen) atoms. The second-order valence-corrected chi connectivity index (χ2v) is 6.84. The fourth-order valence-corrected chi connectivity index (χ4v) is 4.50. The van der Waals surface area contributed by atoms with E-state index in [4.69, 9.17) is 12.2 Å². The summed E-state index contributed by atoms with van der Waals surface area (Å²) in [4.78, 5) is 7.80. The van der Waals surface area contributed by atoms with E-state index in [0.717, 1.165) is 28.3 Å². The van der Waals surface area contributed by atoms with Crippen LogP contribution >= 0.6 is 24.0 Å². The van der Waals surface area contributed by atoms with E-state index in [1.165, 1.54) is 28.8 Å². The number of nitrogens with one attached hydrogen (secondary N) is 1. The van der Waals surface area contributed by atoms with Gasteiger partial charge in [-0.1, -0.05) is 18.2 Å². The number of para-hydroxylation sites is 1. The Balaban J connectivity index is 1.95. The number of imidazole rings is 1. The Morgan fingerprint density at radius 3 is 3.15 bits per heavy atom. The molecule has 0 bridgehead atoms. The van der Waals surface area contributed by atoms with Crippen molar-refractivity contribution in [3.05, 3.63) is 35.2 Å². The first-order valence-electron chi connectivity index (χ1n) is 6.87. The molecule has 0 saturated carbocycles. The molecule has 3 nitrogen and oxygen atoms in total. The van der Waals surface area contributed by atoms with Crippen molar-refractivity contribution in [1.82, 2.24) is 14.5 Å². The maximum Gasteiger partial charge on any atom is 0.178 e. The third-order valence-electron chi connectivity index (χ3n) is 3.97. The van der Waals surface area contributed by atoms with Gasteiger partial charge in [0.05, 0.1) is 22.7 Å². The fourth-order valence-electron chi connectivity index (χ4n) is 2.95. The first-order chi connectivity index (χ1) is 9.83. The van der Waals surface area contributed by atoms with Crippen LogP contribution in [0.5, 0.6) is 0 Å². The lowest BCUT2D eigenvalue weighted by Crippen LogP contribution is -2.10. The van der Waals surface area contributed by atoms with Gasteiger partial charge in [0, 0.05) is 11.9 Å². The first-order valence-corrected chi connectivity index (χ1v) is 8.43. The quantitative estimate of drug-likeness (QED) is 0.726. The zero-order chi connectivity index (χ0) is 13.5. The number of aromatic amines is 1. The molecule has 0 spiro atoms. The van der Waals surface area contributed by atoms with Crippen molar-refractivity contribution in [2.24, 2.45) is 5.92 Å². The van der Waals surface area contributed by atoms with Crippen molar-refractivity contribution >= 4 is 45.9 Å². The molecular formula is C15H15N3S2. The van der Waals surface area contributed by atoms with Crippen LogP contribution in [0.4, 0.5) is 0 Å². The average molecular weight is 301 g/mol. The highest BCUT2D eigenvalue weighted by molar-refractivity contribution is 7.99. The van der Waals surface area contributed by atoms with E-state index in [2.05, 4.69) is 32.7 Å². The van der Waals surface area contributed by atoms with Crippen molar-refractivity contribution in [2.45, 2.75) is 13.0 Å². The van der Waals surface area contributed by atoms with Crippen LogP contribution in [-0.2, 0) is 6.54 Å². The summed E-state index contributed by atoms with van der Waals surface area (Å²) in [5.74, 6) is 3.26. The van der Waals surface area contributed by atoms with Crippen LogP contribution < -0.4 is 0 Å². The molecular weight excluding hydrogens is 286 g/mol. The van der Waals surface area contributed by atoms with Gasteiger partial charge >= 0.3 is 0 Å². The molecule has 0 amide bonds. The Morgan fingerprint density at radius 2 is 2.30 bits per heavy atom. The normalized spacial score (nSPS) is 19.1. The molecule has 102 valence electrons. The predicted molar refractivity (Wildman–Crippen MR) is 87.9 cm³/mol. The van der Waals surface area contributed by atoms with Crippen molar-refractivity contribution in [2.75, 3.05) is 11.5 Å². The van der Waals surface area contributed by atoms with Gasteiger partial charge in [-0.25, -0.2) is 0 Å². The lowest BCUT2D eigenvalue weighted by Gasteiger charge is -2.11. The van der Waals surface area contributed by atoms with Crippen LogP contribution in [0.1, 0.15) is 6.42 Å². The van der Waals surface area contributed by atoms with Crippen molar-refractivity contribution < 1.29 is 0 Å². The van der Waals surface area contributed by atoms with Gasteiger partial charge < -0.3 is 9.55 Å². The van der Waals surface area contributed by atoms with E-state index in [9.17, 15) is 0 Å². The zero-order valence-corrected chi connectivity index (χ0v) is 12.6.